The molecule has 1 aromatic carbocycles. The van der Waals surface area contributed by atoms with Crippen molar-refractivity contribution in [2.45, 2.75) is 51.6 Å². The Bertz CT molecular complexity index is 746. The van der Waals surface area contributed by atoms with Gasteiger partial charge >= 0.3 is 5.97 Å². The zero-order valence-corrected chi connectivity index (χ0v) is 13.5. The number of nitrogens with zero attached hydrogens (tertiary/aromatic N) is 1. The predicted molar refractivity (Wildman–Crippen MR) is 88.3 cm³/mol. The molecule has 1 saturated carbocycles. The van der Waals surface area contributed by atoms with E-state index in [1.54, 1.807) is 11.8 Å². The maximum Gasteiger partial charge on any atom is 0.326 e. The molecule has 23 heavy (non-hydrogen) atoms. The first kappa shape index (κ1) is 15.6. The maximum absolute atomic E-state index is 12.5. The average molecular weight is 314 g/mol. The number of aryl methyl sites for hydroxylation is 2. The van der Waals surface area contributed by atoms with Gasteiger partial charge in [-0.25, -0.2) is 4.79 Å². The summed E-state index contributed by atoms with van der Waals surface area (Å²) in [6, 6.07) is 5.48. The Hall–Kier alpha value is -2.30. The van der Waals surface area contributed by atoms with Crippen LogP contribution in [0.25, 0.3) is 10.9 Å². The number of para-hydroxylation sites is 1. The molecular formula is C18H22N2O3. The van der Waals surface area contributed by atoms with Crippen molar-refractivity contribution in [2.75, 3.05) is 0 Å². The summed E-state index contributed by atoms with van der Waals surface area (Å²) < 4.78 is 0. The average Bonchev–Trinajstić information content (AvgIpc) is 3.25. The van der Waals surface area contributed by atoms with Crippen molar-refractivity contribution in [3.8, 4) is 0 Å². The molecule has 5 nitrogen and oxygen atoms in total. The van der Waals surface area contributed by atoms with Crippen LogP contribution in [0.2, 0.25) is 0 Å². The van der Waals surface area contributed by atoms with Crippen LogP contribution in [-0.4, -0.2) is 39.0 Å². The highest BCUT2D eigenvalue weighted by atomic mass is 16.4. The lowest BCUT2D eigenvalue weighted by atomic mass is 10.1. The fourth-order valence-electron chi connectivity index (χ4n) is 3.15. The summed E-state index contributed by atoms with van der Waals surface area (Å²) in [4.78, 5) is 28.6. The number of rotatable bonds is 6. The van der Waals surface area contributed by atoms with Crippen LogP contribution in [-0.2, 0) is 16.0 Å². The topological polar surface area (TPSA) is 73.4 Å². The molecule has 0 spiro atoms. The van der Waals surface area contributed by atoms with Gasteiger partial charge in [0, 0.05) is 29.6 Å². The Kier molecular flexibility index (Phi) is 4.11. The van der Waals surface area contributed by atoms with Gasteiger partial charge in [0.15, 0.2) is 0 Å². The molecule has 2 aromatic rings. The van der Waals surface area contributed by atoms with E-state index in [9.17, 15) is 14.7 Å². The number of carbonyl (C=O) groups excluding carboxylic acids is 1. The minimum atomic E-state index is -0.937. The van der Waals surface area contributed by atoms with Gasteiger partial charge in [-0.05, 0) is 44.2 Å². The van der Waals surface area contributed by atoms with Gasteiger partial charge < -0.3 is 15.0 Å². The van der Waals surface area contributed by atoms with E-state index >= 15 is 0 Å². The van der Waals surface area contributed by atoms with Gasteiger partial charge in [-0.15, -0.1) is 0 Å². The smallest absolute Gasteiger partial charge is 0.326 e. The van der Waals surface area contributed by atoms with E-state index in [1.165, 1.54) is 5.56 Å². The number of aromatic nitrogens is 1. The summed E-state index contributed by atoms with van der Waals surface area (Å²) in [5.41, 5.74) is 3.39. The zero-order valence-electron chi connectivity index (χ0n) is 13.5. The second kappa shape index (κ2) is 6.07. The van der Waals surface area contributed by atoms with Crippen LogP contribution in [0.3, 0.4) is 0 Å². The number of benzene rings is 1. The van der Waals surface area contributed by atoms with E-state index in [-0.39, 0.29) is 11.9 Å². The van der Waals surface area contributed by atoms with E-state index < -0.39 is 12.0 Å². The fourth-order valence-corrected chi connectivity index (χ4v) is 3.15. The minimum absolute atomic E-state index is 0.0654. The number of hydrogen-bond donors (Lipinski definition) is 2. The molecule has 1 aromatic heterocycles. The van der Waals surface area contributed by atoms with E-state index in [1.807, 2.05) is 12.3 Å². The Labute approximate surface area is 135 Å². The number of amides is 1. The SMILES string of the molecule is Cc1cccc2c(CCC(=O)N(C3CC3)C(C)C(=O)O)c[nH]c12. The van der Waals surface area contributed by atoms with Gasteiger partial charge in [-0.3, -0.25) is 4.79 Å². The normalized spacial score (nSPS) is 15.6. The van der Waals surface area contributed by atoms with Crippen molar-refractivity contribution < 1.29 is 14.7 Å². The van der Waals surface area contributed by atoms with Gasteiger partial charge in [-0.2, -0.15) is 0 Å². The van der Waals surface area contributed by atoms with E-state index in [0.717, 1.165) is 29.3 Å². The lowest BCUT2D eigenvalue weighted by molar-refractivity contribution is -0.150. The number of hydrogen-bond acceptors (Lipinski definition) is 2. The molecule has 1 atom stereocenters. The maximum atomic E-state index is 12.5. The Morgan fingerprint density at radius 3 is 2.78 bits per heavy atom. The molecule has 1 amide bonds. The molecular weight excluding hydrogens is 292 g/mol. The minimum Gasteiger partial charge on any atom is -0.480 e. The van der Waals surface area contributed by atoms with Crippen LogP contribution < -0.4 is 0 Å². The van der Waals surface area contributed by atoms with E-state index in [4.69, 9.17) is 0 Å². The number of H-pyrrole nitrogens is 1. The molecule has 0 bridgehead atoms. The van der Waals surface area contributed by atoms with Crippen LogP contribution in [0.1, 0.15) is 37.3 Å². The molecule has 1 aliphatic carbocycles. The zero-order chi connectivity index (χ0) is 16.6. The van der Waals surface area contributed by atoms with E-state index in [0.29, 0.717) is 12.8 Å². The third-order valence-electron chi connectivity index (χ3n) is 4.62. The highest BCUT2D eigenvalue weighted by Gasteiger charge is 2.37. The number of fused-ring (bicyclic) bond motifs is 1. The molecule has 1 aliphatic rings. The molecule has 1 fully saturated rings. The molecule has 2 N–H and O–H groups in total. The highest BCUT2D eigenvalue weighted by molar-refractivity contribution is 5.87. The Morgan fingerprint density at radius 2 is 2.13 bits per heavy atom. The molecule has 0 radical (unpaired) electrons. The van der Waals surface area contributed by atoms with Gasteiger partial charge in [0.1, 0.15) is 6.04 Å². The Morgan fingerprint density at radius 1 is 1.39 bits per heavy atom. The van der Waals surface area contributed by atoms with Crippen molar-refractivity contribution in [3.05, 3.63) is 35.5 Å². The van der Waals surface area contributed by atoms with Crippen LogP contribution in [0.15, 0.2) is 24.4 Å². The number of aliphatic carboxylic acids is 1. The lowest BCUT2D eigenvalue weighted by Gasteiger charge is -2.26. The molecule has 1 unspecified atom stereocenters. The number of carboxylic acids is 1. The molecule has 0 aliphatic heterocycles. The second-order valence-corrected chi connectivity index (χ2v) is 6.36. The summed E-state index contributed by atoms with van der Waals surface area (Å²) >= 11 is 0. The first-order chi connectivity index (χ1) is 11.0. The van der Waals surface area contributed by atoms with Crippen molar-refractivity contribution in [1.82, 2.24) is 9.88 Å². The summed E-state index contributed by atoms with van der Waals surface area (Å²) in [5.74, 6) is -1.00. The van der Waals surface area contributed by atoms with Crippen LogP contribution >= 0.6 is 0 Å². The van der Waals surface area contributed by atoms with Crippen LogP contribution in [0.5, 0.6) is 0 Å². The molecule has 122 valence electrons. The van der Waals surface area contributed by atoms with Crippen molar-refractivity contribution in [3.63, 3.8) is 0 Å². The van der Waals surface area contributed by atoms with Gasteiger partial charge in [-0.1, -0.05) is 18.2 Å². The summed E-state index contributed by atoms with van der Waals surface area (Å²) in [6.07, 6.45) is 4.74. The number of nitrogens with one attached hydrogen (secondary N) is 1. The molecule has 0 saturated heterocycles. The third kappa shape index (κ3) is 3.09. The van der Waals surface area contributed by atoms with Crippen molar-refractivity contribution >= 4 is 22.8 Å². The van der Waals surface area contributed by atoms with Crippen molar-refractivity contribution in [1.29, 1.82) is 0 Å². The quantitative estimate of drug-likeness (QED) is 0.861. The summed E-state index contributed by atoms with van der Waals surface area (Å²) in [6.45, 7) is 3.64. The summed E-state index contributed by atoms with van der Waals surface area (Å²) in [5, 5.41) is 10.3. The number of carboxylic acid groups (broad SMARTS) is 1. The second-order valence-electron chi connectivity index (χ2n) is 6.36. The molecule has 5 heteroatoms. The largest absolute Gasteiger partial charge is 0.480 e. The Balaban J connectivity index is 1.72. The van der Waals surface area contributed by atoms with Crippen LogP contribution in [0, 0.1) is 6.92 Å². The highest BCUT2D eigenvalue weighted by Crippen LogP contribution is 2.30. The number of carbonyl (C=O) groups is 2. The molecule has 3 rings (SSSR count). The van der Waals surface area contributed by atoms with E-state index in [2.05, 4.69) is 24.0 Å². The standard InChI is InChI=1S/C18H22N2O3/c1-11-4-3-5-15-13(10-19-17(11)15)6-9-16(21)20(14-7-8-14)12(2)18(22)23/h3-5,10,12,14,19H,6-9H2,1-2H3,(H,22,23). The monoisotopic (exact) mass is 314 g/mol. The van der Waals surface area contributed by atoms with Gasteiger partial charge in [0.2, 0.25) is 5.91 Å². The molecule has 1 heterocycles. The van der Waals surface area contributed by atoms with Gasteiger partial charge in [0.25, 0.3) is 0 Å². The fraction of sp³-hybridized carbons (Fsp3) is 0.444. The third-order valence-corrected chi connectivity index (χ3v) is 4.62. The van der Waals surface area contributed by atoms with Crippen molar-refractivity contribution in [2.24, 2.45) is 0 Å². The lowest BCUT2D eigenvalue weighted by Crippen LogP contribution is -2.44. The predicted octanol–water partition coefficient (Wildman–Crippen LogP) is 2.87. The van der Waals surface area contributed by atoms with Crippen LogP contribution in [0.4, 0.5) is 0 Å². The van der Waals surface area contributed by atoms with Gasteiger partial charge in [0.05, 0.1) is 0 Å². The summed E-state index contributed by atoms with van der Waals surface area (Å²) in [7, 11) is 0. The first-order valence-corrected chi connectivity index (χ1v) is 8.08. The first-order valence-electron chi connectivity index (χ1n) is 8.08. The number of aromatic amines is 1.